The van der Waals surface area contributed by atoms with Crippen molar-refractivity contribution in [2.45, 2.75) is 13.5 Å². The fraction of sp³-hybridized carbons (Fsp3) is 0.222. The Hall–Kier alpha value is -1.55. The molecule has 70 valence electrons. The Labute approximate surface area is 77.4 Å². The van der Waals surface area contributed by atoms with E-state index in [0.29, 0.717) is 6.54 Å². The molecular weight excluding hydrogens is 164 g/mol. The van der Waals surface area contributed by atoms with E-state index in [0.717, 1.165) is 16.8 Å². The van der Waals surface area contributed by atoms with Crippen LogP contribution in [0, 0.1) is 6.92 Å². The quantitative estimate of drug-likeness (QED) is 0.451. The van der Waals surface area contributed by atoms with Crippen LogP contribution in [0.1, 0.15) is 11.1 Å². The predicted octanol–water partition coefficient (Wildman–Crippen LogP) is 0.359. The summed E-state index contributed by atoms with van der Waals surface area (Å²) in [5.41, 5.74) is 19.0. The van der Waals surface area contributed by atoms with E-state index in [2.05, 4.69) is 4.99 Å². The van der Waals surface area contributed by atoms with Crippen LogP contribution in [0.4, 0.5) is 5.69 Å². The Kier molecular flexibility index (Phi) is 2.87. The summed E-state index contributed by atoms with van der Waals surface area (Å²) < 4.78 is 0. The molecule has 0 saturated heterocycles. The zero-order valence-electron chi connectivity index (χ0n) is 7.62. The van der Waals surface area contributed by atoms with Crippen molar-refractivity contribution in [1.29, 1.82) is 0 Å². The number of hydrogen-bond acceptors (Lipinski definition) is 2. The van der Waals surface area contributed by atoms with Gasteiger partial charge in [-0.15, -0.1) is 0 Å². The van der Waals surface area contributed by atoms with E-state index in [1.54, 1.807) is 0 Å². The molecular formula is C9H14N4. The first-order valence-corrected chi connectivity index (χ1v) is 4.02. The molecule has 4 nitrogen and oxygen atoms in total. The first kappa shape index (κ1) is 9.54. The van der Waals surface area contributed by atoms with Gasteiger partial charge in [-0.2, -0.15) is 0 Å². The molecule has 4 heteroatoms. The normalized spacial score (nSPS) is 9.69. The lowest BCUT2D eigenvalue weighted by molar-refractivity contribution is 1.05. The van der Waals surface area contributed by atoms with E-state index >= 15 is 0 Å². The van der Waals surface area contributed by atoms with E-state index < -0.39 is 0 Å². The lowest BCUT2D eigenvalue weighted by Crippen LogP contribution is -2.21. The van der Waals surface area contributed by atoms with E-state index in [4.69, 9.17) is 17.2 Å². The lowest BCUT2D eigenvalue weighted by atomic mass is 10.1. The number of aryl methyl sites for hydroxylation is 1. The van der Waals surface area contributed by atoms with E-state index in [1.807, 2.05) is 25.1 Å². The highest BCUT2D eigenvalue weighted by Crippen LogP contribution is 2.16. The smallest absolute Gasteiger partial charge is 0.191 e. The maximum atomic E-state index is 5.54. The zero-order valence-corrected chi connectivity index (χ0v) is 7.62. The number of benzene rings is 1. The first-order valence-electron chi connectivity index (χ1n) is 4.02. The largest absolute Gasteiger partial charge is 0.370 e. The molecule has 0 radical (unpaired) electrons. The summed E-state index contributed by atoms with van der Waals surface area (Å²) in [7, 11) is 0. The van der Waals surface area contributed by atoms with Crippen LogP contribution >= 0.6 is 0 Å². The van der Waals surface area contributed by atoms with Gasteiger partial charge in [-0.1, -0.05) is 6.07 Å². The molecule has 0 aliphatic rings. The average Bonchev–Trinajstić information content (AvgIpc) is 2.07. The fourth-order valence-corrected chi connectivity index (χ4v) is 1.10. The summed E-state index contributed by atoms with van der Waals surface area (Å²) in [6, 6.07) is 5.69. The minimum atomic E-state index is 0.0619. The highest BCUT2D eigenvalue weighted by molar-refractivity contribution is 5.79. The molecule has 0 aliphatic carbocycles. The second-order valence-electron chi connectivity index (χ2n) is 2.85. The number of hydrogen-bond donors (Lipinski definition) is 3. The van der Waals surface area contributed by atoms with Crippen LogP contribution in [-0.2, 0) is 6.54 Å². The molecule has 0 fully saturated rings. The summed E-state index contributed by atoms with van der Waals surface area (Å²) in [5, 5.41) is 0. The molecule has 0 aromatic heterocycles. The number of nitrogens with two attached hydrogens (primary N) is 3. The highest BCUT2D eigenvalue weighted by atomic mass is 15.0. The van der Waals surface area contributed by atoms with Crippen LogP contribution in [-0.4, -0.2) is 5.96 Å². The summed E-state index contributed by atoms with van der Waals surface area (Å²) in [4.78, 5) is 3.93. The lowest BCUT2D eigenvalue weighted by Gasteiger charge is -2.03. The third kappa shape index (κ3) is 2.45. The molecule has 0 aliphatic heterocycles. The zero-order chi connectivity index (χ0) is 9.84. The summed E-state index contributed by atoms with van der Waals surface area (Å²) in [5.74, 6) is 0.0619. The van der Waals surface area contributed by atoms with Gasteiger partial charge < -0.3 is 17.2 Å². The Bertz CT molecular complexity index is 326. The maximum Gasteiger partial charge on any atom is 0.191 e. The summed E-state index contributed by atoms with van der Waals surface area (Å²) in [6.07, 6.45) is 0. The fourth-order valence-electron chi connectivity index (χ4n) is 1.10. The van der Waals surface area contributed by atoms with Crippen LogP contribution in [0.15, 0.2) is 23.2 Å². The molecule has 0 amide bonds. The molecule has 0 atom stereocenters. The number of rotatable bonds is 2. The molecule has 6 N–H and O–H groups in total. The van der Waals surface area contributed by atoms with Crippen molar-refractivity contribution in [2.75, 3.05) is 0 Å². The van der Waals surface area contributed by atoms with Gasteiger partial charge in [0, 0.05) is 6.54 Å². The Morgan fingerprint density at radius 3 is 2.62 bits per heavy atom. The van der Waals surface area contributed by atoms with Gasteiger partial charge in [-0.25, -0.2) is 4.99 Å². The second-order valence-corrected chi connectivity index (χ2v) is 2.85. The van der Waals surface area contributed by atoms with Crippen molar-refractivity contribution in [3.8, 4) is 0 Å². The van der Waals surface area contributed by atoms with Crippen LogP contribution in [0.5, 0.6) is 0 Å². The SMILES string of the molecule is Cc1ccc(N=C(N)N)cc1CN. The minimum Gasteiger partial charge on any atom is -0.370 e. The first-order chi connectivity index (χ1) is 6.13. The van der Waals surface area contributed by atoms with Gasteiger partial charge in [-0.05, 0) is 30.2 Å². The van der Waals surface area contributed by atoms with Gasteiger partial charge in [-0.3, -0.25) is 0 Å². The van der Waals surface area contributed by atoms with Crippen LogP contribution in [0.25, 0.3) is 0 Å². The molecule has 0 heterocycles. The standard InChI is InChI=1S/C9H14N4/c1-6-2-3-8(13-9(11)12)4-7(6)5-10/h2-4H,5,10H2,1H3,(H4,11,12,13). The maximum absolute atomic E-state index is 5.54. The third-order valence-electron chi connectivity index (χ3n) is 1.81. The van der Waals surface area contributed by atoms with Crippen molar-refractivity contribution in [2.24, 2.45) is 22.2 Å². The Balaban J connectivity index is 3.06. The Morgan fingerprint density at radius 1 is 1.38 bits per heavy atom. The molecule has 0 saturated carbocycles. The molecule has 0 unspecified atom stereocenters. The minimum absolute atomic E-state index is 0.0619. The highest BCUT2D eigenvalue weighted by Gasteiger charge is 1.97. The molecule has 1 rings (SSSR count). The number of aliphatic imine (C=N–C) groups is 1. The molecule has 13 heavy (non-hydrogen) atoms. The van der Waals surface area contributed by atoms with Gasteiger partial charge in [0.2, 0.25) is 0 Å². The number of guanidine groups is 1. The van der Waals surface area contributed by atoms with Crippen molar-refractivity contribution >= 4 is 11.6 Å². The van der Waals surface area contributed by atoms with Crippen LogP contribution < -0.4 is 17.2 Å². The molecule has 0 bridgehead atoms. The van der Waals surface area contributed by atoms with Gasteiger partial charge in [0.15, 0.2) is 5.96 Å². The van der Waals surface area contributed by atoms with Gasteiger partial charge in [0.25, 0.3) is 0 Å². The Morgan fingerprint density at radius 2 is 2.08 bits per heavy atom. The monoisotopic (exact) mass is 178 g/mol. The van der Waals surface area contributed by atoms with Gasteiger partial charge >= 0.3 is 0 Å². The molecule has 0 spiro atoms. The molecule has 1 aromatic rings. The van der Waals surface area contributed by atoms with Gasteiger partial charge in [0.1, 0.15) is 0 Å². The van der Waals surface area contributed by atoms with Crippen molar-refractivity contribution < 1.29 is 0 Å². The van der Waals surface area contributed by atoms with E-state index in [9.17, 15) is 0 Å². The van der Waals surface area contributed by atoms with E-state index in [-0.39, 0.29) is 5.96 Å². The average molecular weight is 178 g/mol. The third-order valence-corrected chi connectivity index (χ3v) is 1.81. The second kappa shape index (κ2) is 3.91. The summed E-state index contributed by atoms with van der Waals surface area (Å²) in [6.45, 7) is 2.50. The summed E-state index contributed by atoms with van der Waals surface area (Å²) >= 11 is 0. The van der Waals surface area contributed by atoms with Crippen molar-refractivity contribution in [3.63, 3.8) is 0 Å². The van der Waals surface area contributed by atoms with Crippen molar-refractivity contribution in [1.82, 2.24) is 0 Å². The molecule has 1 aromatic carbocycles. The van der Waals surface area contributed by atoms with Crippen molar-refractivity contribution in [3.05, 3.63) is 29.3 Å². The predicted molar refractivity (Wildman–Crippen MR) is 54.5 cm³/mol. The van der Waals surface area contributed by atoms with Crippen LogP contribution in [0.2, 0.25) is 0 Å². The van der Waals surface area contributed by atoms with Gasteiger partial charge in [0.05, 0.1) is 5.69 Å². The van der Waals surface area contributed by atoms with Crippen LogP contribution in [0.3, 0.4) is 0 Å². The number of nitrogens with zero attached hydrogens (tertiary/aromatic N) is 1. The van der Waals surface area contributed by atoms with E-state index in [1.165, 1.54) is 0 Å². The topological polar surface area (TPSA) is 90.4 Å².